The molecule has 3 heterocycles. The van der Waals surface area contributed by atoms with Crippen LogP contribution in [0.15, 0.2) is 30.7 Å². The van der Waals surface area contributed by atoms with E-state index < -0.39 is 30.1 Å². The molecule has 17 heteroatoms. The average molecular weight is 560 g/mol. The van der Waals surface area contributed by atoms with Crippen molar-refractivity contribution in [1.29, 1.82) is 0 Å². The molecule has 1 aliphatic heterocycles. The van der Waals surface area contributed by atoms with Gasteiger partial charge in [0.15, 0.2) is 5.82 Å². The third-order valence-electron chi connectivity index (χ3n) is 5.27. The number of carbonyl (C=O) groups is 2. The fraction of sp³-hybridized carbons (Fsp3) is 0.524. The summed E-state index contributed by atoms with van der Waals surface area (Å²) >= 11 is 0. The number of rotatable bonds is 4. The highest BCUT2D eigenvalue weighted by molar-refractivity contribution is 5.73. The summed E-state index contributed by atoms with van der Waals surface area (Å²) in [5.41, 5.74) is 1.16. The maximum Gasteiger partial charge on any atom is 0.490 e. The first-order valence-electron chi connectivity index (χ1n) is 10.8. The first kappa shape index (κ1) is 30.8. The molecule has 38 heavy (non-hydrogen) atoms. The van der Waals surface area contributed by atoms with Gasteiger partial charge in [0.05, 0.1) is 18.9 Å². The predicted octanol–water partition coefficient (Wildman–Crippen LogP) is 3.03. The zero-order valence-electron chi connectivity index (χ0n) is 19.6. The maximum atomic E-state index is 13.9. The van der Waals surface area contributed by atoms with Gasteiger partial charge in [-0.05, 0) is 25.0 Å². The minimum atomic E-state index is -5.08. The molecular weight excluding hydrogens is 537 g/mol. The first-order chi connectivity index (χ1) is 17.6. The smallest absolute Gasteiger partial charge is 0.475 e. The number of ether oxygens (including phenoxy) is 2. The van der Waals surface area contributed by atoms with Crippen LogP contribution in [0.2, 0.25) is 0 Å². The number of nitrogens with zero attached hydrogens (tertiary/aromatic N) is 4. The van der Waals surface area contributed by atoms with Crippen LogP contribution in [0.1, 0.15) is 18.4 Å². The number of carboxylic acids is 2. The normalized spacial score (nSPS) is 21.3. The van der Waals surface area contributed by atoms with Crippen LogP contribution in [0.5, 0.6) is 5.88 Å². The predicted molar refractivity (Wildman–Crippen MR) is 112 cm³/mol. The van der Waals surface area contributed by atoms with Crippen molar-refractivity contribution in [2.24, 2.45) is 7.05 Å². The van der Waals surface area contributed by atoms with Crippen molar-refractivity contribution in [2.45, 2.75) is 50.0 Å². The lowest BCUT2D eigenvalue weighted by Gasteiger charge is -2.30. The fourth-order valence-electron chi connectivity index (χ4n) is 3.69. The minimum Gasteiger partial charge on any atom is -0.475 e. The Morgan fingerprint density at radius 2 is 1.74 bits per heavy atom. The Bertz CT molecular complexity index is 1050. The molecule has 0 spiro atoms. The van der Waals surface area contributed by atoms with Crippen LogP contribution in [0, 0.1) is 5.82 Å². The molecule has 1 aliphatic carbocycles. The van der Waals surface area contributed by atoms with E-state index >= 15 is 0 Å². The SMILES string of the molecule is Cn1cc(CN2CCOC3CCC2C3Oc2ncccc2F)cn1.O=C(O)C(F)(F)F.O=C(O)C(F)(F)F. The van der Waals surface area contributed by atoms with Gasteiger partial charge in [-0.25, -0.2) is 19.0 Å². The number of pyridine rings is 1. The van der Waals surface area contributed by atoms with E-state index in [2.05, 4.69) is 15.0 Å². The van der Waals surface area contributed by atoms with Crippen LogP contribution in [0.4, 0.5) is 30.7 Å². The molecule has 0 aromatic carbocycles. The van der Waals surface area contributed by atoms with Crippen molar-refractivity contribution in [3.63, 3.8) is 0 Å². The topological polar surface area (TPSA) is 127 Å². The van der Waals surface area contributed by atoms with Gasteiger partial charge in [-0.2, -0.15) is 31.4 Å². The zero-order chi connectivity index (χ0) is 28.7. The second-order valence-corrected chi connectivity index (χ2v) is 8.03. The number of halogens is 7. The highest BCUT2D eigenvalue weighted by Crippen LogP contribution is 2.33. The molecule has 2 N–H and O–H groups in total. The van der Waals surface area contributed by atoms with E-state index in [0.717, 1.165) is 31.5 Å². The molecule has 3 atom stereocenters. The van der Waals surface area contributed by atoms with Gasteiger partial charge in [0.25, 0.3) is 5.88 Å². The van der Waals surface area contributed by atoms with E-state index in [0.29, 0.717) is 6.61 Å². The summed E-state index contributed by atoms with van der Waals surface area (Å²) in [6, 6.07) is 3.13. The first-order valence-corrected chi connectivity index (χ1v) is 10.8. The van der Waals surface area contributed by atoms with Crippen molar-refractivity contribution in [1.82, 2.24) is 19.7 Å². The Morgan fingerprint density at radius 1 is 1.13 bits per heavy atom. The monoisotopic (exact) mass is 560 g/mol. The number of fused-ring (bicyclic) bond motifs is 2. The Hall–Kier alpha value is -3.47. The number of aromatic nitrogens is 3. The van der Waals surface area contributed by atoms with Crippen molar-refractivity contribution in [3.05, 3.63) is 42.1 Å². The number of aliphatic carboxylic acids is 2. The Kier molecular flexibility index (Phi) is 10.4. The number of hydrogen-bond acceptors (Lipinski definition) is 7. The summed E-state index contributed by atoms with van der Waals surface area (Å²) in [4.78, 5) is 24.2. The van der Waals surface area contributed by atoms with Crippen molar-refractivity contribution < 1.29 is 60.0 Å². The lowest BCUT2D eigenvalue weighted by atomic mass is 10.1. The van der Waals surface area contributed by atoms with Crippen LogP contribution in [-0.2, 0) is 27.9 Å². The Labute approximate surface area is 210 Å². The molecule has 0 amide bonds. The quantitative estimate of drug-likeness (QED) is 0.543. The minimum absolute atomic E-state index is 0.00435. The highest BCUT2D eigenvalue weighted by atomic mass is 19.4. The standard InChI is InChI=1S/C17H21FN4O2.2C2HF3O2/c1-21-10-12(9-20-21)11-22-7-8-23-15-5-4-14(22)16(15)24-17-13(18)3-2-6-19-17;2*3-2(4,5)1(6)7/h2-3,6,9-10,14-16H,4-5,7-8,11H2,1H3;2*(H,6,7). The van der Waals surface area contributed by atoms with Gasteiger partial charge in [-0.1, -0.05) is 0 Å². The third-order valence-corrected chi connectivity index (χ3v) is 5.27. The van der Waals surface area contributed by atoms with Crippen LogP contribution in [0.3, 0.4) is 0 Å². The molecule has 10 nitrogen and oxygen atoms in total. The van der Waals surface area contributed by atoms with Gasteiger partial charge in [-0.15, -0.1) is 0 Å². The molecule has 212 valence electrons. The van der Waals surface area contributed by atoms with Crippen LogP contribution in [-0.4, -0.2) is 85.6 Å². The molecule has 2 bridgehead atoms. The lowest BCUT2D eigenvalue weighted by Crippen LogP contribution is -2.44. The summed E-state index contributed by atoms with van der Waals surface area (Å²) in [5, 5.41) is 18.5. The number of alkyl halides is 6. The Morgan fingerprint density at radius 3 is 2.24 bits per heavy atom. The molecule has 2 aromatic rings. The van der Waals surface area contributed by atoms with Crippen LogP contribution in [0.25, 0.3) is 0 Å². The van der Waals surface area contributed by atoms with Crippen LogP contribution >= 0.6 is 0 Å². The third kappa shape index (κ3) is 9.13. The average Bonchev–Trinajstić information content (AvgIpc) is 3.34. The van der Waals surface area contributed by atoms with Gasteiger partial charge in [0.2, 0.25) is 0 Å². The summed E-state index contributed by atoms with van der Waals surface area (Å²) in [7, 11) is 1.91. The molecular formula is C21H23F7N4O6. The van der Waals surface area contributed by atoms with Crippen molar-refractivity contribution in [2.75, 3.05) is 13.2 Å². The molecule has 4 rings (SSSR count). The van der Waals surface area contributed by atoms with Gasteiger partial charge < -0.3 is 19.7 Å². The van der Waals surface area contributed by atoms with Crippen molar-refractivity contribution >= 4 is 11.9 Å². The van der Waals surface area contributed by atoms with Gasteiger partial charge in [-0.3, -0.25) is 9.58 Å². The van der Waals surface area contributed by atoms with E-state index in [-0.39, 0.29) is 24.1 Å². The van der Waals surface area contributed by atoms with Crippen molar-refractivity contribution in [3.8, 4) is 5.88 Å². The van der Waals surface area contributed by atoms with E-state index in [9.17, 15) is 30.7 Å². The number of hydrogen-bond donors (Lipinski definition) is 2. The van der Waals surface area contributed by atoms with E-state index in [1.165, 1.54) is 6.07 Å². The van der Waals surface area contributed by atoms with E-state index in [1.54, 1.807) is 16.9 Å². The molecule has 2 aromatic heterocycles. The Balaban J connectivity index is 0.000000301. The molecule has 2 fully saturated rings. The molecule has 3 unspecified atom stereocenters. The second kappa shape index (κ2) is 12.9. The molecule has 1 saturated heterocycles. The number of carboxylic acid groups (broad SMARTS) is 2. The molecule has 1 saturated carbocycles. The highest BCUT2D eigenvalue weighted by Gasteiger charge is 2.44. The maximum absolute atomic E-state index is 13.9. The van der Waals surface area contributed by atoms with Crippen LogP contribution < -0.4 is 4.74 Å². The van der Waals surface area contributed by atoms with Gasteiger partial charge in [0.1, 0.15) is 6.10 Å². The molecule has 0 radical (unpaired) electrons. The summed E-state index contributed by atoms with van der Waals surface area (Å²) in [6.07, 6.45) is -3.02. The van der Waals surface area contributed by atoms with Gasteiger partial charge >= 0.3 is 24.3 Å². The second-order valence-electron chi connectivity index (χ2n) is 8.03. The van der Waals surface area contributed by atoms with Gasteiger partial charge in [0, 0.05) is 44.1 Å². The summed E-state index contributed by atoms with van der Waals surface area (Å²) in [6.45, 7) is 2.28. The summed E-state index contributed by atoms with van der Waals surface area (Å²) < 4.78 is 91.1. The summed E-state index contributed by atoms with van der Waals surface area (Å²) in [5.74, 6) is -5.88. The van der Waals surface area contributed by atoms with E-state index in [1.807, 2.05) is 19.4 Å². The fourth-order valence-corrected chi connectivity index (χ4v) is 3.69. The van der Waals surface area contributed by atoms with E-state index in [4.69, 9.17) is 29.3 Å². The zero-order valence-corrected chi connectivity index (χ0v) is 19.6. The largest absolute Gasteiger partial charge is 0.490 e. The molecule has 2 aliphatic rings. The lowest BCUT2D eigenvalue weighted by molar-refractivity contribution is -0.193. The number of aryl methyl sites for hydroxylation is 1.